The van der Waals surface area contributed by atoms with Crippen molar-refractivity contribution in [1.29, 1.82) is 0 Å². The molecule has 0 amide bonds. The summed E-state index contributed by atoms with van der Waals surface area (Å²) in [5.74, 6) is 1.88. The molecule has 0 aromatic rings. The third-order valence-corrected chi connectivity index (χ3v) is 3.78. The van der Waals surface area contributed by atoms with Crippen LogP contribution in [-0.2, 0) is 0 Å². The molecule has 3 fully saturated rings. The van der Waals surface area contributed by atoms with E-state index in [1.165, 1.54) is 24.8 Å². The molecule has 3 aliphatic carbocycles. The summed E-state index contributed by atoms with van der Waals surface area (Å²) in [5.41, 5.74) is 2.13. The van der Waals surface area contributed by atoms with E-state index in [4.69, 9.17) is 0 Å². The molecule has 0 spiro atoms. The van der Waals surface area contributed by atoms with Crippen molar-refractivity contribution in [3.8, 4) is 0 Å². The van der Waals surface area contributed by atoms with Crippen molar-refractivity contribution in [3.63, 3.8) is 0 Å². The zero-order valence-electron chi connectivity index (χ0n) is 6.98. The Hall–Kier alpha value is -0.260. The Morgan fingerprint density at radius 1 is 1.50 bits per heavy atom. The van der Waals surface area contributed by atoms with E-state index in [9.17, 15) is 0 Å². The molecular formula is C10H16. The summed E-state index contributed by atoms with van der Waals surface area (Å²) in [6.45, 7) is 8.93. The van der Waals surface area contributed by atoms with Crippen LogP contribution < -0.4 is 0 Å². The first kappa shape index (κ1) is 6.45. The first-order valence-electron chi connectivity index (χ1n) is 4.30. The Kier molecular flexibility index (Phi) is 1.07. The topological polar surface area (TPSA) is 0 Å². The third kappa shape index (κ3) is 0.574. The van der Waals surface area contributed by atoms with Gasteiger partial charge in [-0.05, 0) is 36.5 Å². The summed E-state index contributed by atoms with van der Waals surface area (Å²) >= 11 is 0. The fraction of sp³-hybridized carbons (Fsp3) is 0.800. The minimum Gasteiger partial charge on any atom is -0.0996 e. The molecule has 1 unspecified atom stereocenters. The van der Waals surface area contributed by atoms with Gasteiger partial charge in [-0.1, -0.05) is 26.0 Å². The van der Waals surface area contributed by atoms with Gasteiger partial charge < -0.3 is 0 Å². The number of fused-ring (bicyclic) bond motifs is 2. The molecular weight excluding hydrogens is 120 g/mol. The molecule has 0 heterocycles. The summed E-state index contributed by atoms with van der Waals surface area (Å²) in [5, 5.41) is 0. The first-order chi connectivity index (χ1) is 4.62. The molecule has 0 aromatic heterocycles. The van der Waals surface area contributed by atoms with Crippen LogP contribution in [0.25, 0.3) is 0 Å². The van der Waals surface area contributed by atoms with E-state index in [-0.39, 0.29) is 0 Å². The highest BCUT2D eigenvalue weighted by Gasteiger charge is 2.51. The van der Waals surface area contributed by atoms with Gasteiger partial charge in [-0.15, -0.1) is 0 Å². The van der Waals surface area contributed by atoms with Crippen LogP contribution >= 0.6 is 0 Å². The summed E-state index contributed by atoms with van der Waals surface area (Å²) in [4.78, 5) is 0. The molecule has 56 valence electrons. The average molecular weight is 136 g/mol. The number of hydrogen-bond donors (Lipinski definition) is 0. The molecule has 3 rings (SSSR count). The van der Waals surface area contributed by atoms with Crippen LogP contribution in [0.3, 0.4) is 0 Å². The van der Waals surface area contributed by atoms with Crippen LogP contribution in [0.1, 0.15) is 33.1 Å². The highest BCUT2D eigenvalue weighted by atomic mass is 14.6. The van der Waals surface area contributed by atoms with Crippen molar-refractivity contribution in [1.82, 2.24) is 0 Å². The summed E-state index contributed by atoms with van der Waals surface area (Å²) in [7, 11) is 0. The van der Waals surface area contributed by atoms with Crippen LogP contribution in [0.5, 0.6) is 0 Å². The summed E-state index contributed by atoms with van der Waals surface area (Å²) in [6, 6.07) is 0. The molecule has 10 heavy (non-hydrogen) atoms. The molecule has 0 heteroatoms. The molecule has 0 radical (unpaired) electrons. The van der Waals surface area contributed by atoms with Crippen LogP contribution in [0, 0.1) is 17.3 Å². The monoisotopic (exact) mass is 136 g/mol. The van der Waals surface area contributed by atoms with Gasteiger partial charge in [0.15, 0.2) is 0 Å². The summed E-state index contributed by atoms with van der Waals surface area (Å²) < 4.78 is 0. The quantitative estimate of drug-likeness (QED) is 0.449. The smallest absolute Gasteiger partial charge is 0.0149 e. The molecule has 2 atom stereocenters. The van der Waals surface area contributed by atoms with Crippen molar-refractivity contribution in [2.24, 2.45) is 17.3 Å². The van der Waals surface area contributed by atoms with E-state index < -0.39 is 0 Å². The zero-order valence-corrected chi connectivity index (χ0v) is 6.98. The first-order valence-corrected chi connectivity index (χ1v) is 4.30. The second-order valence-corrected chi connectivity index (χ2v) is 4.50. The van der Waals surface area contributed by atoms with Gasteiger partial charge in [-0.3, -0.25) is 0 Å². The lowest BCUT2D eigenvalue weighted by Gasteiger charge is -2.57. The van der Waals surface area contributed by atoms with Crippen molar-refractivity contribution < 1.29 is 0 Å². The fourth-order valence-corrected chi connectivity index (χ4v) is 2.73. The van der Waals surface area contributed by atoms with Crippen LogP contribution in [0.15, 0.2) is 12.2 Å². The predicted octanol–water partition coefficient (Wildman–Crippen LogP) is 3.00. The van der Waals surface area contributed by atoms with E-state index in [0.717, 1.165) is 11.8 Å². The van der Waals surface area contributed by atoms with Gasteiger partial charge in [0.1, 0.15) is 0 Å². The van der Waals surface area contributed by atoms with Gasteiger partial charge >= 0.3 is 0 Å². The second-order valence-electron chi connectivity index (χ2n) is 4.50. The Morgan fingerprint density at radius 3 is 2.50 bits per heavy atom. The maximum Gasteiger partial charge on any atom is -0.0149 e. The van der Waals surface area contributed by atoms with E-state index in [2.05, 4.69) is 20.4 Å². The van der Waals surface area contributed by atoms with E-state index in [1.54, 1.807) is 0 Å². The largest absolute Gasteiger partial charge is 0.0996 e. The van der Waals surface area contributed by atoms with Gasteiger partial charge in [-0.2, -0.15) is 0 Å². The number of allylic oxidation sites excluding steroid dienone is 1. The van der Waals surface area contributed by atoms with Gasteiger partial charge in [-0.25, -0.2) is 0 Å². The van der Waals surface area contributed by atoms with Crippen molar-refractivity contribution in [2.45, 2.75) is 33.1 Å². The molecule has 0 saturated heterocycles. The minimum atomic E-state index is 0.606. The Morgan fingerprint density at radius 2 is 2.20 bits per heavy atom. The van der Waals surface area contributed by atoms with Crippen molar-refractivity contribution in [2.75, 3.05) is 0 Å². The molecule has 2 bridgehead atoms. The van der Waals surface area contributed by atoms with Crippen LogP contribution in [0.2, 0.25) is 0 Å². The van der Waals surface area contributed by atoms with E-state index in [1.807, 2.05) is 0 Å². The highest BCUT2D eigenvalue weighted by Crippen LogP contribution is 2.60. The maximum absolute atomic E-state index is 4.13. The normalized spacial score (nSPS) is 42.8. The standard InChI is InChI=1S/C10H16/c1-7-4-5-8-6-9(7)10(8,2)3/h8-9H,1,4-6H2,2-3H3/t8-,9?/m0/s1. The minimum absolute atomic E-state index is 0.606. The van der Waals surface area contributed by atoms with Gasteiger partial charge in [0.25, 0.3) is 0 Å². The molecule has 0 nitrogen and oxygen atoms in total. The van der Waals surface area contributed by atoms with Crippen LogP contribution in [-0.4, -0.2) is 0 Å². The van der Waals surface area contributed by atoms with Crippen LogP contribution in [0.4, 0.5) is 0 Å². The fourth-order valence-electron chi connectivity index (χ4n) is 2.73. The van der Waals surface area contributed by atoms with Gasteiger partial charge in [0.05, 0.1) is 0 Å². The second kappa shape index (κ2) is 1.66. The molecule has 0 aromatic carbocycles. The number of hydrogen-bond acceptors (Lipinski definition) is 0. The average Bonchev–Trinajstić information content (AvgIpc) is 1.87. The molecule has 0 aliphatic heterocycles. The highest BCUT2D eigenvalue weighted by molar-refractivity contribution is 5.18. The SMILES string of the molecule is C=C1CC[C@H]2CC1C2(C)C. The van der Waals surface area contributed by atoms with Crippen molar-refractivity contribution >= 4 is 0 Å². The third-order valence-electron chi connectivity index (χ3n) is 3.78. The predicted molar refractivity (Wildman–Crippen MR) is 43.8 cm³/mol. The summed E-state index contributed by atoms with van der Waals surface area (Å²) in [6.07, 6.45) is 4.15. The Balaban J connectivity index is 2.23. The maximum atomic E-state index is 4.13. The Labute approximate surface area is 63.3 Å². The lowest BCUT2D eigenvalue weighted by atomic mass is 9.47. The molecule has 3 saturated carbocycles. The van der Waals surface area contributed by atoms with E-state index in [0.29, 0.717) is 5.41 Å². The van der Waals surface area contributed by atoms with Gasteiger partial charge in [0, 0.05) is 0 Å². The number of rotatable bonds is 0. The molecule has 0 N–H and O–H groups in total. The van der Waals surface area contributed by atoms with Crippen molar-refractivity contribution in [3.05, 3.63) is 12.2 Å². The van der Waals surface area contributed by atoms with Gasteiger partial charge in [0.2, 0.25) is 0 Å². The molecule has 3 aliphatic rings. The zero-order chi connectivity index (χ0) is 7.35. The lowest BCUT2D eigenvalue weighted by molar-refractivity contribution is -0.0273. The lowest BCUT2D eigenvalue weighted by Crippen LogP contribution is -2.48. The van der Waals surface area contributed by atoms with E-state index >= 15 is 0 Å². The Bertz CT molecular complexity index is 174.